The van der Waals surface area contributed by atoms with Crippen LogP contribution in [0.2, 0.25) is 0 Å². The summed E-state index contributed by atoms with van der Waals surface area (Å²) in [5.74, 6) is 0. The van der Waals surface area contributed by atoms with Crippen LogP contribution in [0, 0.1) is 0 Å². The van der Waals surface area contributed by atoms with Gasteiger partial charge in [0.15, 0.2) is 0 Å². The van der Waals surface area contributed by atoms with E-state index < -0.39 is 0 Å². The van der Waals surface area contributed by atoms with Crippen molar-refractivity contribution in [2.45, 2.75) is 6.42 Å². The van der Waals surface area contributed by atoms with E-state index in [1.165, 1.54) is 0 Å². The SMILES string of the molecule is Nc1ccc2c(c1N=Nc1ccc3c(c1)oc1ccccc13)=CCC=CC=2. The van der Waals surface area contributed by atoms with Crippen molar-refractivity contribution in [2.75, 3.05) is 5.73 Å². The Morgan fingerprint density at radius 1 is 0.889 bits per heavy atom. The minimum Gasteiger partial charge on any atom is -0.456 e. The number of azo groups is 1. The van der Waals surface area contributed by atoms with Crippen LogP contribution in [-0.2, 0) is 0 Å². The van der Waals surface area contributed by atoms with Gasteiger partial charge < -0.3 is 10.2 Å². The largest absolute Gasteiger partial charge is 0.456 e. The molecule has 3 aromatic carbocycles. The fourth-order valence-corrected chi connectivity index (χ4v) is 3.43. The third-order valence-electron chi connectivity index (χ3n) is 4.78. The van der Waals surface area contributed by atoms with Crippen LogP contribution >= 0.6 is 0 Å². The normalized spacial score (nSPS) is 13.5. The number of nitrogens with two attached hydrogens (primary N) is 1. The van der Waals surface area contributed by atoms with Crippen LogP contribution < -0.4 is 16.2 Å². The molecule has 0 saturated heterocycles. The second-order valence-corrected chi connectivity index (χ2v) is 6.52. The van der Waals surface area contributed by atoms with Crippen LogP contribution in [0.1, 0.15) is 6.42 Å². The number of furan rings is 1. The molecule has 0 fully saturated rings. The van der Waals surface area contributed by atoms with Crippen LogP contribution in [0.4, 0.5) is 17.1 Å². The van der Waals surface area contributed by atoms with Gasteiger partial charge in [-0.1, -0.05) is 48.6 Å². The second kappa shape index (κ2) is 6.25. The van der Waals surface area contributed by atoms with Crippen LogP contribution in [0.25, 0.3) is 34.1 Å². The molecule has 1 aliphatic carbocycles. The molecule has 0 unspecified atom stereocenters. The highest BCUT2D eigenvalue weighted by Gasteiger charge is 2.07. The first-order chi connectivity index (χ1) is 13.3. The fourth-order valence-electron chi connectivity index (χ4n) is 3.43. The molecular weight excluding hydrogens is 334 g/mol. The van der Waals surface area contributed by atoms with Gasteiger partial charge in [-0.3, -0.25) is 0 Å². The summed E-state index contributed by atoms with van der Waals surface area (Å²) in [7, 11) is 0. The predicted octanol–water partition coefficient (Wildman–Crippen LogP) is 5.10. The average Bonchev–Trinajstić information content (AvgIpc) is 2.88. The number of anilines is 1. The number of fused-ring (bicyclic) bond motifs is 4. The van der Waals surface area contributed by atoms with Gasteiger partial charge >= 0.3 is 0 Å². The Kier molecular flexibility index (Phi) is 3.61. The van der Waals surface area contributed by atoms with Gasteiger partial charge in [0.05, 0.1) is 11.4 Å². The molecule has 130 valence electrons. The number of para-hydroxylation sites is 1. The molecule has 4 aromatic rings. The number of rotatable bonds is 2. The first-order valence-electron chi connectivity index (χ1n) is 8.88. The Bertz CT molecular complexity index is 1360. The molecule has 1 aliphatic rings. The highest BCUT2D eigenvalue weighted by Crippen LogP contribution is 2.31. The van der Waals surface area contributed by atoms with Crippen LogP contribution in [0.15, 0.2) is 81.4 Å². The molecule has 0 amide bonds. The topological polar surface area (TPSA) is 63.9 Å². The Morgan fingerprint density at radius 2 is 1.78 bits per heavy atom. The van der Waals surface area contributed by atoms with Gasteiger partial charge in [0.1, 0.15) is 16.9 Å². The molecular formula is C23H17N3O. The molecule has 2 N–H and O–H groups in total. The summed E-state index contributed by atoms with van der Waals surface area (Å²) in [6, 6.07) is 17.8. The van der Waals surface area contributed by atoms with Crippen molar-refractivity contribution in [3.63, 3.8) is 0 Å². The Labute approximate surface area is 155 Å². The van der Waals surface area contributed by atoms with Crippen LogP contribution in [-0.4, -0.2) is 0 Å². The zero-order chi connectivity index (χ0) is 18.2. The molecule has 5 rings (SSSR count). The Balaban J connectivity index is 1.61. The van der Waals surface area contributed by atoms with Crippen molar-refractivity contribution in [3.05, 3.63) is 77.2 Å². The van der Waals surface area contributed by atoms with Crippen LogP contribution in [0.5, 0.6) is 0 Å². The van der Waals surface area contributed by atoms with Gasteiger partial charge in [0.2, 0.25) is 0 Å². The number of benzene rings is 3. The maximum atomic E-state index is 6.17. The van der Waals surface area contributed by atoms with E-state index in [1.54, 1.807) is 0 Å². The summed E-state index contributed by atoms with van der Waals surface area (Å²) in [5, 5.41) is 13.2. The lowest BCUT2D eigenvalue weighted by Crippen LogP contribution is -2.24. The first kappa shape index (κ1) is 15.6. The second-order valence-electron chi connectivity index (χ2n) is 6.52. The zero-order valence-electron chi connectivity index (χ0n) is 14.6. The van der Waals surface area contributed by atoms with Gasteiger partial charge in [0.25, 0.3) is 0 Å². The van der Waals surface area contributed by atoms with E-state index in [9.17, 15) is 0 Å². The molecule has 4 nitrogen and oxygen atoms in total. The van der Waals surface area contributed by atoms with E-state index in [0.29, 0.717) is 11.4 Å². The molecule has 27 heavy (non-hydrogen) atoms. The zero-order valence-corrected chi connectivity index (χ0v) is 14.6. The third-order valence-corrected chi connectivity index (χ3v) is 4.78. The van der Waals surface area contributed by atoms with E-state index in [-0.39, 0.29) is 0 Å². The lowest BCUT2D eigenvalue weighted by atomic mass is 10.1. The van der Waals surface area contributed by atoms with Crippen molar-refractivity contribution < 1.29 is 4.42 Å². The average molecular weight is 351 g/mol. The standard InChI is InChI=1S/C23H17N3O/c24-20-13-10-15-6-2-1-3-7-17(15)23(20)26-25-16-11-12-19-18-8-4-5-9-21(18)27-22(19)14-16/h1-2,4-14H,3,24H2. The first-order valence-corrected chi connectivity index (χ1v) is 8.88. The van der Waals surface area contributed by atoms with Gasteiger partial charge in [-0.05, 0) is 35.9 Å². The quantitative estimate of drug-likeness (QED) is 0.403. The molecule has 1 heterocycles. The summed E-state index contributed by atoms with van der Waals surface area (Å²) in [5.41, 5.74) is 9.91. The number of nitrogen functional groups attached to an aromatic ring is 1. The summed E-state index contributed by atoms with van der Waals surface area (Å²) >= 11 is 0. The maximum Gasteiger partial charge on any atom is 0.137 e. The number of nitrogens with zero attached hydrogens (tertiary/aromatic N) is 2. The molecule has 0 bridgehead atoms. The minimum atomic E-state index is 0.619. The third kappa shape index (κ3) is 2.72. The molecule has 4 heteroatoms. The van der Waals surface area contributed by atoms with E-state index in [0.717, 1.165) is 44.5 Å². The van der Waals surface area contributed by atoms with Gasteiger partial charge in [0, 0.05) is 22.1 Å². The molecule has 0 spiro atoms. The Hall–Kier alpha value is -3.66. The number of hydrogen-bond donors (Lipinski definition) is 1. The smallest absolute Gasteiger partial charge is 0.137 e. The molecule has 0 radical (unpaired) electrons. The lowest BCUT2D eigenvalue weighted by molar-refractivity contribution is 0.669. The molecule has 0 atom stereocenters. The molecule has 0 aliphatic heterocycles. The van der Waals surface area contributed by atoms with Gasteiger partial charge in [-0.2, -0.15) is 5.11 Å². The number of hydrogen-bond acceptors (Lipinski definition) is 4. The summed E-state index contributed by atoms with van der Waals surface area (Å²) in [6.45, 7) is 0. The van der Waals surface area contributed by atoms with Crippen molar-refractivity contribution in [3.8, 4) is 0 Å². The van der Waals surface area contributed by atoms with Crippen molar-refractivity contribution in [1.29, 1.82) is 0 Å². The summed E-state index contributed by atoms with van der Waals surface area (Å²) in [4.78, 5) is 0. The fraction of sp³-hybridized carbons (Fsp3) is 0.0435. The molecule has 1 aromatic heterocycles. The molecule has 0 saturated carbocycles. The van der Waals surface area contributed by atoms with Crippen molar-refractivity contribution >= 4 is 51.2 Å². The lowest BCUT2D eigenvalue weighted by Gasteiger charge is -2.01. The van der Waals surface area contributed by atoms with E-state index in [4.69, 9.17) is 10.2 Å². The summed E-state index contributed by atoms with van der Waals surface area (Å²) < 4.78 is 5.93. The van der Waals surface area contributed by atoms with Crippen LogP contribution in [0.3, 0.4) is 0 Å². The monoisotopic (exact) mass is 351 g/mol. The predicted molar refractivity (Wildman–Crippen MR) is 111 cm³/mol. The van der Waals surface area contributed by atoms with Gasteiger partial charge in [-0.15, -0.1) is 5.11 Å². The van der Waals surface area contributed by atoms with Crippen molar-refractivity contribution in [2.24, 2.45) is 10.2 Å². The highest BCUT2D eigenvalue weighted by molar-refractivity contribution is 6.05. The number of allylic oxidation sites excluding steroid dienone is 2. The van der Waals surface area contributed by atoms with Crippen molar-refractivity contribution in [1.82, 2.24) is 0 Å². The minimum absolute atomic E-state index is 0.619. The van der Waals surface area contributed by atoms with E-state index in [1.807, 2.05) is 48.5 Å². The van der Waals surface area contributed by atoms with E-state index in [2.05, 4.69) is 40.6 Å². The Morgan fingerprint density at radius 3 is 2.74 bits per heavy atom. The maximum absolute atomic E-state index is 6.17. The summed E-state index contributed by atoms with van der Waals surface area (Å²) in [6.07, 6.45) is 9.20. The van der Waals surface area contributed by atoms with E-state index >= 15 is 0 Å². The van der Waals surface area contributed by atoms with Gasteiger partial charge in [-0.25, -0.2) is 0 Å². The highest BCUT2D eigenvalue weighted by atomic mass is 16.3.